The maximum atomic E-state index is 12.2. The van der Waals surface area contributed by atoms with E-state index in [0.29, 0.717) is 11.3 Å². The molecule has 0 unspecified atom stereocenters. The van der Waals surface area contributed by atoms with E-state index in [9.17, 15) is 8.42 Å². The van der Waals surface area contributed by atoms with Gasteiger partial charge in [-0.2, -0.15) is 5.26 Å². The second kappa shape index (κ2) is 5.19. The standard InChI is InChI=1S/C13H12N4O2S/c1-9-2-3-10(7-14)6-12(9)17-20(18,19)11-4-5-13(15)16-8-11/h2-6,8,17H,1H3,(H2,15,16). The molecule has 3 N–H and O–H groups in total. The number of anilines is 2. The van der Waals surface area contributed by atoms with Crippen LogP contribution in [0.15, 0.2) is 41.4 Å². The molecule has 7 heteroatoms. The van der Waals surface area contributed by atoms with Crippen molar-refractivity contribution in [1.29, 1.82) is 5.26 Å². The first-order valence-corrected chi connectivity index (χ1v) is 7.16. The number of hydrogen-bond donors (Lipinski definition) is 2. The number of nitrogens with one attached hydrogen (secondary N) is 1. The number of hydrogen-bond acceptors (Lipinski definition) is 5. The summed E-state index contributed by atoms with van der Waals surface area (Å²) in [7, 11) is -3.76. The fraction of sp³-hybridized carbons (Fsp3) is 0.0769. The molecule has 0 aliphatic heterocycles. The monoisotopic (exact) mass is 288 g/mol. The molecule has 1 aromatic carbocycles. The van der Waals surface area contributed by atoms with Crippen LogP contribution in [0.5, 0.6) is 0 Å². The number of sulfonamides is 1. The van der Waals surface area contributed by atoms with Crippen LogP contribution < -0.4 is 10.5 Å². The van der Waals surface area contributed by atoms with E-state index in [1.807, 2.05) is 6.07 Å². The van der Waals surface area contributed by atoms with Crippen molar-refractivity contribution in [3.05, 3.63) is 47.7 Å². The van der Waals surface area contributed by atoms with Gasteiger partial charge in [0.25, 0.3) is 10.0 Å². The van der Waals surface area contributed by atoms with Crippen molar-refractivity contribution in [2.45, 2.75) is 11.8 Å². The van der Waals surface area contributed by atoms with E-state index in [2.05, 4.69) is 9.71 Å². The Morgan fingerprint density at radius 1 is 1.30 bits per heavy atom. The van der Waals surface area contributed by atoms with Gasteiger partial charge in [0.15, 0.2) is 0 Å². The highest BCUT2D eigenvalue weighted by Gasteiger charge is 2.15. The fourth-order valence-electron chi connectivity index (χ4n) is 1.56. The zero-order valence-electron chi connectivity index (χ0n) is 10.7. The largest absolute Gasteiger partial charge is 0.384 e. The van der Waals surface area contributed by atoms with Gasteiger partial charge in [0.1, 0.15) is 10.7 Å². The Hall–Kier alpha value is -2.59. The van der Waals surface area contributed by atoms with Crippen molar-refractivity contribution in [3.8, 4) is 6.07 Å². The number of aryl methyl sites for hydroxylation is 1. The third-order valence-corrected chi connectivity index (χ3v) is 4.03. The van der Waals surface area contributed by atoms with Crippen LogP contribution in [0.3, 0.4) is 0 Å². The Kier molecular flexibility index (Phi) is 3.59. The molecule has 6 nitrogen and oxygen atoms in total. The predicted molar refractivity (Wildman–Crippen MR) is 75.4 cm³/mol. The highest BCUT2D eigenvalue weighted by Crippen LogP contribution is 2.20. The first-order chi connectivity index (χ1) is 9.42. The predicted octanol–water partition coefficient (Wildman–Crippen LogP) is 1.64. The zero-order chi connectivity index (χ0) is 14.8. The van der Waals surface area contributed by atoms with Crippen molar-refractivity contribution in [2.24, 2.45) is 0 Å². The van der Waals surface area contributed by atoms with Crippen LogP contribution in [-0.4, -0.2) is 13.4 Å². The summed E-state index contributed by atoms with van der Waals surface area (Å²) in [6.45, 7) is 1.75. The summed E-state index contributed by atoms with van der Waals surface area (Å²) in [4.78, 5) is 3.76. The molecule has 102 valence electrons. The number of nitrogens with two attached hydrogens (primary N) is 1. The Morgan fingerprint density at radius 2 is 2.05 bits per heavy atom. The minimum atomic E-state index is -3.76. The normalized spacial score (nSPS) is 10.8. The minimum absolute atomic E-state index is 0.00783. The lowest BCUT2D eigenvalue weighted by Gasteiger charge is -2.10. The summed E-state index contributed by atoms with van der Waals surface area (Å²) >= 11 is 0. The summed E-state index contributed by atoms with van der Waals surface area (Å²) in [5.41, 5.74) is 6.88. The van der Waals surface area contributed by atoms with Gasteiger partial charge in [-0.25, -0.2) is 13.4 Å². The summed E-state index contributed by atoms with van der Waals surface area (Å²) in [5, 5.41) is 8.85. The second-order valence-corrected chi connectivity index (χ2v) is 5.85. The molecule has 0 atom stereocenters. The van der Waals surface area contributed by atoms with Crippen LogP contribution in [0, 0.1) is 18.3 Å². The van der Waals surface area contributed by atoms with Gasteiger partial charge in [0.2, 0.25) is 0 Å². The van der Waals surface area contributed by atoms with E-state index >= 15 is 0 Å². The lowest BCUT2D eigenvalue weighted by Crippen LogP contribution is -2.14. The van der Waals surface area contributed by atoms with E-state index in [-0.39, 0.29) is 10.7 Å². The zero-order valence-corrected chi connectivity index (χ0v) is 11.5. The van der Waals surface area contributed by atoms with Gasteiger partial charge < -0.3 is 5.73 Å². The van der Waals surface area contributed by atoms with E-state index in [1.54, 1.807) is 19.1 Å². The molecule has 0 aliphatic carbocycles. The molecule has 2 aromatic rings. The number of benzene rings is 1. The highest BCUT2D eigenvalue weighted by molar-refractivity contribution is 7.92. The van der Waals surface area contributed by atoms with Crippen LogP contribution in [-0.2, 0) is 10.0 Å². The lowest BCUT2D eigenvalue weighted by atomic mass is 10.1. The van der Waals surface area contributed by atoms with Crippen molar-refractivity contribution in [3.63, 3.8) is 0 Å². The van der Waals surface area contributed by atoms with Crippen molar-refractivity contribution in [1.82, 2.24) is 4.98 Å². The molecule has 0 bridgehead atoms. The van der Waals surface area contributed by atoms with Crippen LogP contribution in [0.4, 0.5) is 11.5 Å². The lowest BCUT2D eigenvalue weighted by molar-refractivity contribution is 0.601. The smallest absolute Gasteiger partial charge is 0.263 e. The van der Waals surface area contributed by atoms with Crippen LogP contribution in [0.25, 0.3) is 0 Å². The fourth-order valence-corrected chi connectivity index (χ4v) is 2.62. The van der Waals surface area contributed by atoms with Gasteiger partial charge in [-0.3, -0.25) is 4.72 Å². The number of nitrogens with zero attached hydrogens (tertiary/aromatic N) is 2. The average Bonchev–Trinajstić information content (AvgIpc) is 2.41. The number of nitrogen functional groups attached to an aromatic ring is 1. The summed E-state index contributed by atoms with van der Waals surface area (Å²) < 4.78 is 26.8. The summed E-state index contributed by atoms with van der Waals surface area (Å²) in [6.07, 6.45) is 1.18. The Balaban J connectivity index is 2.38. The molecule has 0 spiro atoms. The molecule has 0 fully saturated rings. The Labute approximate surface area is 116 Å². The third kappa shape index (κ3) is 2.87. The van der Waals surface area contributed by atoms with Gasteiger partial charge in [-0.1, -0.05) is 6.07 Å². The first kappa shape index (κ1) is 13.8. The third-order valence-electron chi connectivity index (χ3n) is 2.68. The van der Waals surface area contributed by atoms with Crippen LogP contribution in [0.2, 0.25) is 0 Å². The SMILES string of the molecule is Cc1ccc(C#N)cc1NS(=O)(=O)c1ccc(N)nc1. The van der Waals surface area contributed by atoms with Crippen molar-refractivity contribution < 1.29 is 8.42 Å². The van der Waals surface area contributed by atoms with E-state index in [4.69, 9.17) is 11.0 Å². The van der Waals surface area contributed by atoms with E-state index in [1.165, 1.54) is 24.4 Å². The summed E-state index contributed by atoms with van der Waals surface area (Å²) in [6, 6.07) is 9.53. The molecule has 1 aromatic heterocycles. The number of aromatic nitrogens is 1. The van der Waals surface area contributed by atoms with Gasteiger partial charge in [-0.15, -0.1) is 0 Å². The van der Waals surface area contributed by atoms with Crippen molar-refractivity contribution >= 4 is 21.5 Å². The number of nitriles is 1. The average molecular weight is 288 g/mol. The quantitative estimate of drug-likeness (QED) is 0.892. The Bertz CT molecular complexity index is 777. The maximum absolute atomic E-state index is 12.2. The second-order valence-electron chi connectivity index (χ2n) is 4.17. The van der Waals surface area contributed by atoms with Crippen LogP contribution >= 0.6 is 0 Å². The topological polar surface area (TPSA) is 109 Å². The maximum Gasteiger partial charge on any atom is 0.263 e. The van der Waals surface area contributed by atoms with Gasteiger partial charge in [0, 0.05) is 6.20 Å². The molecule has 0 saturated carbocycles. The van der Waals surface area contributed by atoms with Crippen LogP contribution in [0.1, 0.15) is 11.1 Å². The molecule has 0 aliphatic rings. The molecular weight excluding hydrogens is 276 g/mol. The van der Waals surface area contributed by atoms with E-state index < -0.39 is 10.0 Å². The molecule has 0 amide bonds. The van der Waals surface area contributed by atoms with Gasteiger partial charge >= 0.3 is 0 Å². The molecule has 1 heterocycles. The molecule has 0 saturated heterocycles. The summed E-state index contributed by atoms with van der Waals surface area (Å²) in [5.74, 6) is 0.242. The Morgan fingerprint density at radius 3 is 2.65 bits per heavy atom. The first-order valence-electron chi connectivity index (χ1n) is 5.67. The number of pyridine rings is 1. The van der Waals surface area contributed by atoms with Gasteiger partial charge in [0.05, 0.1) is 17.3 Å². The van der Waals surface area contributed by atoms with Crippen molar-refractivity contribution in [2.75, 3.05) is 10.5 Å². The number of rotatable bonds is 3. The molecule has 2 rings (SSSR count). The van der Waals surface area contributed by atoms with Gasteiger partial charge in [-0.05, 0) is 36.8 Å². The molecule has 20 heavy (non-hydrogen) atoms. The molecular formula is C13H12N4O2S. The minimum Gasteiger partial charge on any atom is -0.384 e. The molecule has 0 radical (unpaired) electrons. The highest BCUT2D eigenvalue weighted by atomic mass is 32.2. The van der Waals surface area contributed by atoms with E-state index in [0.717, 1.165) is 5.56 Å².